The Kier molecular flexibility index (Phi) is 3.43. The average Bonchev–Trinajstić information content (AvgIpc) is 3.25. The van der Waals surface area contributed by atoms with Crippen molar-refractivity contribution in [3.63, 3.8) is 0 Å². The van der Waals surface area contributed by atoms with Gasteiger partial charge in [-0.15, -0.1) is 0 Å². The number of nitrogens with one attached hydrogen (secondary N) is 1. The summed E-state index contributed by atoms with van der Waals surface area (Å²) in [6, 6.07) is 5.24. The number of hydrogen-bond acceptors (Lipinski definition) is 3. The van der Waals surface area contributed by atoms with Crippen LogP contribution in [-0.4, -0.2) is 29.5 Å². The first kappa shape index (κ1) is 14.4. The first-order chi connectivity index (χ1) is 9.95. The second-order valence-electron chi connectivity index (χ2n) is 5.77. The Morgan fingerprint density at radius 2 is 2.14 bits per heavy atom. The molecular formula is C15H17BrN2O3. The Morgan fingerprint density at radius 1 is 1.43 bits per heavy atom. The highest BCUT2D eigenvalue weighted by Gasteiger charge is 2.55. The van der Waals surface area contributed by atoms with Crippen molar-refractivity contribution in [1.82, 2.24) is 10.2 Å². The Morgan fingerprint density at radius 3 is 2.71 bits per heavy atom. The van der Waals surface area contributed by atoms with Gasteiger partial charge in [-0.3, -0.25) is 9.69 Å². The van der Waals surface area contributed by atoms with Gasteiger partial charge in [0, 0.05) is 0 Å². The zero-order valence-electron chi connectivity index (χ0n) is 12.0. The van der Waals surface area contributed by atoms with Gasteiger partial charge in [-0.1, -0.05) is 6.07 Å². The average molecular weight is 353 g/mol. The molecule has 1 aromatic rings. The molecular weight excluding hydrogens is 336 g/mol. The first-order valence-corrected chi connectivity index (χ1v) is 7.71. The van der Waals surface area contributed by atoms with Crippen LogP contribution >= 0.6 is 15.9 Å². The number of imide groups is 1. The minimum absolute atomic E-state index is 0.123. The molecule has 2 aliphatic rings. The lowest BCUT2D eigenvalue weighted by Crippen LogP contribution is -2.46. The molecule has 0 radical (unpaired) electrons. The molecule has 0 bridgehead atoms. The van der Waals surface area contributed by atoms with E-state index >= 15 is 0 Å². The summed E-state index contributed by atoms with van der Waals surface area (Å²) >= 11 is 3.41. The topological polar surface area (TPSA) is 58.6 Å². The Labute approximate surface area is 131 Å². The molecule has 5 nitrogen and oxygen atoms in total. The third kappa shape index (κ3) is 2.41. The summed E-state index contributed by atoms with van der Waals surface area (Å²) in [5, 5.41) is 2.85. The fourth-order valence-electron chi connectivity index (χ4n) is 2.79. The van der Waals surface area contributed by atoms with Crippen LogP contribution in [0.4, 0.5) is 4.79 Å². The van der Waals surface area contributed by atoms with Gasteiger partial charge in [0.1, 0.15) is 11.3 Å². The molecule has 3 rings (SSSR count). The monoisotopic (exact) mass is 352 g/mol. The van der Waals surface area contributed by atoms with Gasteiger partial charge in [0.15, 0.2) is 0 Å². The van der Waals surface area contributed by atoms with E-state index in [4.69, 9.17) is 4.74 Å². The summed E-state index contributed by atoms with van der Waals surface area (Å²) < 4.78 is 5.98. The summed E-state index contributed by atoms with van der Waals surface area (Å²) in [5.41, 5.74) is 0.159. The number of urea groups is 1. The van der Waals surface area contributed by atoms with Crippen molar-refractivity contribution in [2.75, 3.05) is 7.11 Å². The maximum Gasteiger partial charge on any atom is 0.325 e. The molecule has 1 atom stereocenters. The molecule has 3 amide bonds. The van der Waals surface area contributed by atoms with Crippen molar-refractivity contribution in [2.45, 2.75) is 31.8 Å². The number of rotatable bonds is 4. The molecule has 1 N–H and O–H groups in total. The number of methoxy groups -OCH3 is 1. The Balaban J connectivity index is 1.80. The minimum atomic E-state index is -0.721. The van der Waals surface area contributed by atoms with E-state index in [0.717, 1.165) is 28.6 Å². The second-order valence-corrected chi connectivity index (χ2v) is 6.62. The smallest absolute Gasteiger partial charge is 0.325 e. The third-order valence-electron chi connectivity index (χ3n) is 4.25. The molecule has 1 aliphatic heterocycles. The predicted molar refractivity (Wildman–Crippen MR) is 80.9 cm³/mol. The van der Waals surface area contributed by atoms with Crippen LogP contribution in [0.1, 0.15) is 25.3 Å². The number of amides is 3. The zero-order valence-corrected chi connectivity index (χ0v) is 13.6. The SMILES string of the molecule is COc1ccc(CN2C(=O)N[C@](C)(C3CC3)C2=O)cc1Br. The van der Waals surface area contributed by atoms with Gasteiger partial charge in [-0.05, 0) is 59.3 Å². The molecule has 0 unspecified atom stereocenters. The van der Waals surface area contributed by atoms with E-state index in [1.165, 1.54) is 4.90 Å². The van der Waals surface area contributed by atoms with Gasteiger partial charge in [-0.25, -0.2) is 4.79 Å². The van der Waals surface area contributed by atoms with E-state index in [2.05, 4.69) is 21.2 Å². The number of hydrogen-bond donors (Lipinski definition) is 1. The van der Waals surface area contributed by atoms with Crippen molar-refractivity contribution in [3.05, 3.63) is 28.2 Å². The van der Waals surface area contributed by atoms with Crippen molar-refractivity contribution in [1.29, 1.82) is 0 Å². The largest absolute Gasteiger partial charge is 0.496 e. The van der Waals surface area contributed by atoms with Crippen LogP contribution in [0.5, 0.6) is 5.75 Å². The zero-order chi connectivity index (χ0) is 15.2. The Bertz CT molecular complexity index is 615. The lowest BCUT2D eigenvalue weighted by molar-refractivity contribution is -0.131. The Hall–Kier alpha value is -1.56. The highest BCUT2D eigenvalue weighted by molar-refractivity contribution is 9.10. The van der Waals surface area contributed by atoms with Gasteiger partial charge < -0.3 is 10.1 Å². The van der Waals surface area contributed by atoms with Crippen LogP contribution in [-0.2, 0) is 11.3 Å². The van der Waals surface area contributed by atoms with Crippen LogP contribution in [0.2, 0.25) is 0 Å². The van der Waals surface area contributed by atoms with Gasteiger partial charge in [0.2, 0.25) is 0 Å². The summed E-state index contributed by atoms with van der Waals surface area (Å²) in [5.74, 6) is 0.877. The number of carbonyl (C=O) groups is 2. The molecule has 1 saturated carbocycles. The maximum absolute atomic E-state index is 12.5. The molecule has 1 aliphatic carbocycles. The van der Waals surface area contributed by atoms with Crippen molar-refractivity contribution in [2.24, 2.45) is 5.92 Å². The normalized spacial score (nSPS) is 25.2. The molecule has 21 heavy (non-hydrogen) atoms. The van der Waals surface area contributed by atoms with Crippen molar-refractivity contribution >= 4 is 27.9 Å². The van der Waals surface area contributed by atoms with Crippen LogP contribution in [0, 0.1) is 5.92 Å². The standard InChI is InChI=1S/C15H17BrN2O3/c1-15(10-4-5-10)13(19)18(14(20)17-15)8-9-3-6-12(21-2)11(16)7-9/h3,6-7,10H,4-5,8H2,1-2H3,(H,17,20)/t15-/m1/s1. The van der Waals surface area contributed by atoms with Crippen LogP contribution in [0.3, 0.4) is 0 Å². The first-order valence-electron chi connectivity index (χ1n) is 6.92. The molecule has 6 heteroatoms. The summed E-state index contributed by atoms with van der Waals surface area (Å²) in [4.78, 5) is 25.9. The number of halogens is 1. The number of carbonyl (C=O) groups excluding carboxylic acids is 2. The summed E-state index contributed by atoms with van der Waals surface area (Å²) in [7, 11) is 1.60. The molecule has 2 fully saturated rings. The van der Waals surface area contributed by atoms with E-state index in [0.29, 0.717) is 0 Å². The van der Waals surface area contributed by atoms with Crippen LogP contribution < -0.4 is 10.1 Å². The molecule has 0 aromatic heterocycles. The van der Waals surface area contributed by atoms with Crippen LogP contribution in [0.15, 0.2) is 22.7 Å². The van der Waals surface area contributed by atoms with Gasteiger partial charge in [-0.2, -0.15) is 0 Å². The van der Waals surface area contributed by atoms with Gasteiger partial charge in [0.05, 0.1) is 18.1 Å². The minimum Gasteiger partial charge on any atom is -0.496 e. The maximum atomic E-state index is 12.5. The molecule has 112 valence electrons. The lowest BCUT2D eigenvalue weighted by atomic mass is 9.96. The number of benzene rings is 1. The quantitative estimate of drug-likeness (QED) is 0.847. The lowest BCUT2D eigenvalue weighted by Gasteiger charge is -2.21. The molecule has 1 heterocycles. The fraction of sp³-hybridized carbons (Fsp3) is 0.467. The van der Waals surface area contributed by atoms with Crippen LogP contribution in [0.25, 0.3) is 0 Å². The van der Waals surface area contributed by atoms with Gasteiger partial charge in [0.25, 0.3) is 5.91 Å². The van der Waals surface area contributed by atoms with Crippen molar-refractivity contribution in [3.8, 4) is 5.75 Å². The molecule has 1 saturated heterocycles. The third-order valence-corrected chi connectivity index (χ3v) is 4.87. The fourth-order valence-corrected chi connectivity index (χ4v) is 3.38. The van der Waals surface area contributed by atoms with E-state index in [1.54, 1.807) is 7.11 Å². The van der Waals surface area contributed by atoms with E-state index < -0.39 is 5.54 Å². The van der Waals surface area contributed by atoms with Crippen molar-refractivity contribution < 1.29 is 14.3 Å². The summed E-state index contributed by atoms with van der Waals surface area (Å²) in [6.07, 6.45) is 2.01. The van der Waals surface area contributed by atoms with E-state index in [9.17, 15) is 9.59 Å². The summed E-state index contributed by atoms with van der Waals surface area (Å²) in [6.45, 7) is 2.10. The predicted octanol–water partition coefficient (Wildman–Crippen LogP) is 2.68. The second kappa shape index (κ2) is 5.02. The highest BCUT2D eigenvalue weighted by atomic mass is 79.9. The molecule has 0 spiro atoms. The number of ether oxygens (including phenoxy) is 1. The number of nitrogens with zero attached hydrogens (tertiary/aromatic N) is 1. The van der Waals surface area contributed by atoms with E-state index in [1.807, 2.05) is 25.1 Å². The molecule has 1 aromatic carbocycles. The van der Waals surface area contributed by atoms with E-state index in [-0.39, 0.29) is 24.4 Å². The highest BCUT2D eigenvalue weighted by Crippen LogP contribution is 2.42. The van der Waals surface area contributed by atoms with Gasteiger partial charge >= 0.3 is 6.03 Å².